The summed E-state index contributed by atoms with van der Waals surface area (Å²) >= 11 is 0. The van der Waals surface area contributed by atoms with Gasteiger partial charge in [0.1, 0.15) is 6.79 Å². The Kier molecular flexibility index (Phi) is 10.3. The molecule has 2 nitrogen and oxygen atoms in total. The van der Waals surface area contributed by atoms with Crippen LogP contribution in [0.15, 0.2) is 0 Å². The standard InChI is InChI=1S/C29H52O2P2/c1-5-13-24(14-6-1)32(25-15-7-2-8-16-25)21-28-29(31-23-30-28)22-33(26-17-9-3-10-18-26)27-19-11-4-12-20-27/h24-29H,1-23H2/t28-,29-/m0/s1. The fraction of sp³-hybridized carbons (Fsp3) is 1.00. The molecule has 5 rings (SSSR count). The molecule has 4 heteroatoms. The predicted molar refractivity (Wildman–Crippen MR) is 146 cm³/mol. The molecule has 5 aliphatic rings. The molecule has 0 N–H and O–H groups in total. The average molecular weight is 495 g/mol. The van der Waals surface area contributed by atoms with E-state index in [0.717, 1.165) is 22.6 Å². The van der Waals surface area contributed by atoms with Crippen molar-refractivity contribution in [2.45, 2.75) is 163 Å². The lowest BCUT2D eigenvalue weighted by Crippen LogP contribution is -2.35. The molecule has 1 aliphatic heterocycles. The van der Waals surface area contributed by atoms with Gasteiger partial charge in [0.05, 0.1) is 12.2 Å². The summed E-state index contributed by atoms with van der Waals surface area (Å²) in [6.07, 6.45) is 33.7. The van der Waals surface area contributed by atoms with Gasteiger partial charge in [0.2, 0.25) is 0 Å². The zero-order valence-electron chi connectivity index (χ0n) is 21.4. The highest BCUT2D eigenvalue weighted by Gasteiger charge is 2.41. The molecule has 0 aromatic heterocycles. The summed E-state index contributed by atoms with van der Waals surface area (Å²) in [5.74, 6) is 0. The van der Waals surface area contributed by atoms with Gasteiger partial charge in [-0.15, -0.1) is 0 Å². The van der Waals surface area contributed by atoms with E-state index < -0.39 is 0 Å². The molecule has 0 aromatic carbocycles. The van der Waals surface area contributed by atoms with Gasteiger partial charge in [-0.3, -0.25) is 0 Å². The topological polar surface area (TPSA) is 18.5 Å². The first-order valence-corrected chi connectivity index (χ1v) is 18.5. The number of hydrogen-bond acceptors (Lipinski definition) is 2. The Morgan fingerprint density at radius 2 is 0.667 bits per heavy atom. The highest BCUT2D eigenvalue weighted by atomic mass is 31.1. The molecule has 0 spiro atoms. The molecule has 33 heavy (non-hydrogen) atoms. The van der Waals surface area contributed by atoms with Gasteiger partial charge in [-0.25, -0.2) is 0 Å². The van der Waals surface area contributed by atoms with Crippen molar-refractivity contribution in [2.75, 3.05) is 19.1 Å². The largest absolute Gasteiger partial charge is 0.349 e. The maximum absolute atomic E-state index is 6.46. The third kappa shape index (κ3) is 6.96. The van der Waals surface area contributed by atoms with Gasteiger partial charge in [0.15, 0.2) is 0 Å². The number of ether oxygens (including phenoxy) is 2. The summed E-state index contributed by atoms with van der Waals surface area (Å²) in [7, 11) is 0.227. The highest BCUT2D eigenvalue weighted by molar-refractivity contribution is 7.59. The van der Waals surface area contributed by atoms with E-state index in [4.69, 9.17) is 9.47 Å². The van der Waals surface area contributed by atoms with Crippen molar-refractivity contribution in [3.8, 4) is 0 Å². The van der Waals surface area contributed by atoms with Crippen molar-refractivity contribution in [1.29, 1.82) is 0 Å². The first-order valence-electron chi connectivity index (χ1n) is 15.1. The lowest BCUT2D eigenvalue weighted by atomic mass is 9.99. The molecular formula is C29H52O2P2. The van der Waals surface area contributed by atoms with Gasteiger partial charge in [-0.2, -0.15) is 0 Å². The van der Waals surface area contributed by atoms with E-state index in [0.29, 0.717) is 19.0 Å². The Bertz CT molecular complexity index is 464. The van der Waals surface area contributed by atoms with Crippen LogP contribution >= 0.6 is 15.8 Å². The number of rotatable bonds is 8. The predicted octanol–water partition coefficient (Wildman–Crippen LogP) is 9.02. The van der Waals surface area contributed by atoms with Crippen molar-refractivity contribution in [2.24, 2.45) is 0 Å². The molecule has 0 amide bonds. The van der Waals surface area contributed by atoms with Crippen LogP contribution in [0, 0.1) is 0 Å². The smallest absolute Gasteiger partial charge is 0.147 e. The van der Waals surface area contributed by atoms with E-state index in [1.807, 2.05) is 0 Å². The van der Waals surface area contributed by atoms with E-state index >= 15 is 0 Å². The second-order valence-electron chi connectivity index (χ2n) is 12.1. The van der Waals surface area contributed by atoms with E-state index in [-0.39, 0.29) is 15.8 Å². The third-order valence-corrected chi connectivity index (χ3v) is 17.3. The van der Waals surface area contributed by atoms with Crippen LogP contribution in [0.25, 0.3) is 0 Å². The minimum Gasteiger partial charge on any atom is -0.349 e. The van der Waals surface area contributed by atoms with Crippen LogP contribution in [-0.4, -0.2) is 54.0 Å². The van der Waals surface area contributed by atoms with Crippen LogP contribution in [0.3, 0.4) is 0 Å². The van der Waals surface area contributed by atoms with Crippen LogP contribution in [0.2, 0.25) is 0 Å². The Balaban J connectivity index is 1.26. The summed E-state index contributed by atoms with van der Waals surface area (Å²) in [5.41, 5.74) is 4.17. The molecule has 1 saturated heterocycles. The van der Waals surface area contributed by atoms with Gasteiger partial charge >= 0.3 is 0 Å². The average Bonchev–Trinajstić information content (AvgIpc) is 3.34. The molecule has 190 valence electrons. The van der Waals surface area contributed by atoms with Crippen LogP contribution in [0.5, 0.6) is 0 Å². The van der Waals surface area contributed by atoms with Crippen molar-refractivity contribution in [3.05, 3.63) is 0 Å². The molecule has 0 aromatic rings. The molecule has 1 heterocycles. The van der Waals surface area contributed by atoms with E-state index in [1.165, 1.54) is 141 Å². The number of hydrogen-bond donors (Lipinski definition) is 0. The monoisotopic (exact) mass is 494 g/mol. The third-order valence-electron chi connectivity index (χ3n) is 9.94. The van der Waals surface area contributed by atoms with Gasteiger partial charge in [-0.05, 0) is 86.3 Å². The van der Waals surface area contributed by atoms with Crippen molar-refractivity contribution in [1.82, 2.24) is 0 Å². The second-order valence-corrected chi connectivity index (χ2v) is 17.8. The first kappa shape index (κ1) is 25.4. The summed E-state index contributed by atoms with van der Waals surface area (Å²) < 4.78 is 12.9. The highest BCUT2D eigenvalue weighted by Crippen LogP contribution is 2.59. The SMILES string of the molecule is C1CCC(P(C[C@@H]2OCO[C@H]2CP(C2CCCCC2)C2CCCCC2)C2CCCCC2)CC1. The lowest BCUT2D eigenvalue weighted by Gasteiger charge is -2.42. The Morgan fingerprint density at radius 1 is 0.394 bits per heavy atom. The quantitative estimate of drug-likeness (QED) is 0.313. The summed E-state index contributed by atoms with van der Waals surface area (Å²) in [6.45, 7) is 0.590. The van der Waals surface area contributed by atoms with Gasteiger partial charge in [0.25, 0.3) is 0 Å². The fourth-order valence-corrected chi connectivity index (χ4v) is 16.0. The van der Waals surface area contributed by atoms with E-state index in [9.17, 15) is 0 Å². The van der Waals surface area contributed by atoms with Crippen LogP contribution < -0.4 is 0 Å². The fourth-order valence-electron chi connectivity index (χ4n) is 8.03. The maximum atomic E-state index is 6.46. The first-order chi connectivity index (χ1) is 16.4. The molecule has 4 aliphatic carbocycles. The van der Waals surface area contributed by atoms with Gasteiger partial charge in [-0.1, -0.05) is 92.9 Å². The molecule has 4 saturated carbocycles. The van der Waals surface area contributed by atoms with Crippen molar-refractivity contribution in [3.63, 3.8) is 0 Å². The summed E-state index contributed by atoms with van der Waals surface area (Å²) in [5, 5.41) is 0. The Labute approximate surface area is 207 Å². The molecule has 0 unspecified atom stereocenters. The lowest BCUT2D eigenvalue weighted by molar-refractivity contribution is 0.0440. The molecule has 5 fully saturated rings. The van der Waals surface area contributed by atoms with Gasteiger partial charge < -0.3 is 9.47 Å². The van der Waals surface area contributed by atoms with Crippen molar-refractivity contribution >= 4 is 15.8 Å². The molecule has 2 atom stereocenters. The normalized spacial score (nSPS) is 32.2. The van der Waals surface area contributed by atoms with Crippen LogP contribution in [-0.2, 0) is 9.47 Å². The molecular weight excluding hydrogens is 442 g/mol. The summed E-state index contributed by atoms with van der Waals surface area (Å²) in [6, 6.07) is 0. The van der Waals surface area contributed by atoms with E-state index in [2.05, 4.69) is 0 Å². The van der Waals surface area contributed by atoms with Crippen LogP contribution in [0.4, 0.5) is 0 Å². The summed E-state index contributed by atoms with van der Waals surface area (Å²) in [4.78, 5) is 0. The minimum absolute atomic E-state index is 0.114. The molecule has 0 bridgehead atoms. The van der Waals surface area contributed by atoms with Crippen molar-refractivity contribution < 1.29 is 9.47 Å². The zero-order valence-corrected chi connectivity index (χ0v) is 23.2. The Hall–Kier alpha value is 0.780. The molecule has 0 radical (unpaired) electrons. The second kappa shape index (κ2) is 13.4. The van der Waals surface area contributed by atoms with Crippen LogP contribution in [0.1, 0.15) is 128 Å². The zero-order chi connectivity index (χ0) is 22.3. The minimum atomic E-state index is 0.114. The van der Waals surface area contributed by atoms with E-state index in [1.54, 1.807) is 0 Å². The Morgan fingerprint density at radius 3 is 0.939 bits per heavy atom. The maximum Gasteiger partial charge on any atom is 0.147 e. The van der Waals surface area contributed by atoms with Gasteiger partial charge in [0, 0.05) is 0 Å².